The molecule has 0 aliphatic rings. The number of nitrogens with one attached hydrogen (secondary N) is 1. The van der Waals surface area contributed by atoms with Crippen molar-refractivity contribution in [2.75, 3.05) is 20.8 Å². The second-order valence-electron chi connectivity index (χ2n) is 4.85. The molecule has 0 radical (unpaired) electrons. The fraction of sp³-hybridized carbons (Fsp3) is 0.625. The fourth-order valence-corrected chi connectivity index (χ4v) is 2.51. The molecule has 2 atom stereocenters. The molecule has 1 aromatic carbocycles. The average molecular weight is 265 g/mol. The van der Waals surface area contributed by atoms with Gasteiger partial charge >= 0.3 is 0 Å². The lowest BCUT2D eigenvalue weighted by Gasteiger charge is -2.26. The van der Waals surface area contributed by atoms with Crippen LogP contribution < -0.4 is 14.8 Å². The molecule has 0 heterocycles. The Hall–Kier alpha value is -1.22. The van der Waals surface area contributed by atoms with Gasteiger partial charge in [-0.15, -0.1) is 0 Å². The smallest absolute Gasteiger partial charge is 0.126 e. The molecule has 19 heavy (non-hydrogen) atoms. The van der Waals surface area contributed by atoms with Crippen LogP contribution in [0, 0.1) is 0 Å². The third-order valence-corrected chi connectivity index (χ3v) is 3.60. The van der Waals surface area contributed by atoms with Gasteiger partial charge in [-0.1, -0.05) is 33.3 Å². The Morgan fingerprint density at radius 2 is 1.89 bits per heavy atom. The SMILES string of the molecule is CCCC(NCC)C(C)c1ccc(OC)cc1OC. The number of methoxy groups -OCH3 is 2. The molecule has 1 N–H and O–H groups in total. The maximum Gasteiger partial charge on any atom is 0.126 e. The second kappa shape index (κ2) is 8.05. The van der Waals surface area contributed by atoms with Crippen LogP contribution in [-0.2, 0) is 0 Å². The third-order valence-electron chi connectivity index (χ3n) is 3.60. The van der Waals surface area contributed by atoms with Crippen LogP contribution in [0.15, 0.2) is 18.2 Å². The van der Waals surface area contributed by atoms with Crippen LogP contribution in [0.4, 0.5) is 0 Å². The first-order valence-electron chi connectivity index (χ1n) is 7.13. The van der Waals surface area contributed by atoms with Crippen molar-refractivity contribution < 1.29 is 9.47 Å². The largest absolute Gasteiger partial charge is 0.497 e. The van der Waals surface area contributed by atoms with Crippen LogP contribution in [0.2, 0.25) is 0 Å². The Bertz CT molecular complexity index is 373. The molecule has 0 fully saturated rings. The third kappa shape index (κ3) is 4.13. The Kier molecular flexibility index (Phi) is 6.71. The quantitative estimate of drug-likeness (QED) is 0.779. The molecule has 0 saturated heterocycles. The lowest BCUT2D eigenvalue weighted by molar-refractivity contribution is 0.376. The molecule has 0 bridgehead atoms. The summed E-state index contributed by atoms with van der Waals surface area (Å²) in [5.74, 6) is 2.16. The average Bonchev–Trinajstić information content (AvgIpc) is 2.45. The fourth-order valence-electron chi connectivity index (χ4n) is 2.51. The highest BCUT2D eigenvalue weighted by molar-refractivity contribution is 5.43. The topological polar surface area (TPSA) is 30.5 Å². The van der Waals surface area contributed by atoms with Crippen LogP contribution in [0.3, 0.4) is 0 Å². The Morgan fingerprint density at radius 3 is 2.42 bits per heavy atom. The van der Waals surface area contributed by atoms with Crippen LogP contribution in [0.1, 0.15) is 45.1 Å². The van der Waals surface area contributed by atoms with Gasteiger partial charge in [0, 0.05) is 18.0 Å². The predicted molar refractivity (Wildman–Crippen MR) is 80.3 cm³/mol. The van der Waals surface area contributed by atoms with E-state index >= 15 is 0 Å². The summed E-state index contributed by atoms with van der Waals surface area (Å²) in [6.45, 7) is 7.63. The van der Waals surface area contributed by atoms with Gasteiger partial charge in [-0.2, -0.15) is 0 Å². The van der Waals surface area contributed by atoms with Crippen molar-refractivity contribution in [1.29, 1.82) is 0 Å². The number of rotatable bonds is 8. The van der Waals surface area contributed by atoms with Gasteiger partial charge in [0.1, 0.15) is 11.5 Å². The van der Waals surface area contributed by atoms with E-state index in [0.29, 0.717) is 12.0 Å². The van der Waals surface area contributed by atoms with Crippen molar-refractivity contribution in [2.24, 2.45) is 0 Å². The van der Waals surface area contributed by atoms with Gasteiger partial charge in [0.05, 0.1) is 14.2 Å². The maximum absolute atomic E-state index is 5.51. The molecule has 0 saturated carbocycles. The van der Waals surface area contributed by atoms with E-state index in [4.69, 9.17) is 9.47 Å². The van der Waals surface area contributed by atoms with E-state index in [0.717, 1.165) is 18.0 Å². The van der Waals surface area contributed by atoms with Gasteiger partial charge in [-0.3, -0.25) is 0 Å². The zero-order valence-electron chi connectivity index (χ0n) is 12.8. The first kappa shape index (κ1) is 15.8. The first-order valence-corrected chi connectivity index (χ1v) is 7.13. The molecule has 108 valence electrons. The van der Waals surface area contributed by atoms with Crippen molar-refractivity contribution >= 4 is 0 Å². The van der Waals surface area contributed by atoms with Crippen molar-refractivity contribution in [3.8, 4) is 11.5 Å². The van der Waals surface area contributed by atoms with Gasteiger partial charge in [0.2, 0.25) is 0 Å². The lowest BCUT2D eigenvalue weighted by Crippen LogP contribution is -2.33. The molecule has 3 heteroatoms. The molecule has 1 aromatic rings. The van der Waals surface area contributed by atoms with Crippen LogP contribution in [-0.4, -0.2) is 26.8 Å². The highest BCUT2D eigenvalue weighted by atomic mass is 16.5. The predicted octanol–water partition coefficient (Wildman–Crippen LogP) is 3.59. The summed E-state index contributed by atoms with van der Waals surface area (Å²) < 4.78 is 10.8. The number of likely N-dealkylation sites (N-methyl/N-ethyl adjacent to an activating group) is 1. The summed E-state index contributed by atoms with van der Waals surface area (Å²) in [7, 11) is 3.39. The molecule has 3 nitrogen and oxygen atoms in total. The number of hydrogen-bond donors (Lipinski definition) is 1. The van der Waals surface area contributed by atoms with Crippen molar-refractivity contribution in [1.82, 2.24) is 5.32 Å². The zero-order chi connectivity index (χ0) is 14.3. The highest BCUT2D eigenvalue weighted by Gasteiger charge is 2.20. The van der Waals surface area contributed by atoms with E-state index in [1.165, 1.54) is 18.4 Å². The van der Waals surface area contributed by atoms with Gasteiger partial charge in [-0.25, -0.2) is 0 Å². The molecule has 0 aliphatic heterocycles. The summed E-state index contributed by atoms with van der Waals surface area (Å²) >= 11 is 0. The molecule has 0 amide bonds. The molecule has 0 aromatic heterocycles. The molecule has 2 unspecified atom stereocenters. The van der Waals surface area contributed by atoms with Gasteiger partial charge in [0.25, 0.3) is 0 Å². The minimum atomic E-state index is 0.417. The van der Waals surface area contributed by atoms with Gasteiger partial charge in [0.15, 0.2) is 0 Å². The molecular formula is C16H27NO2. The van der Waals surface area contributed by atoms with Crippen LogP contribution in [0.25, 0.3) is 0 Å². The second-order valence-corrected chi connectivity index (χ2v) is 4.85. The van der Waals surface area contributed by atoms with Crippen LogP contribution in [0.5, 0.6) is 11.5 Å². The van der Waals surface area contributed by atoms with Crippen molar-refractivity contribution in [3.05, 3.63) is 23.8 Å². The van der Waals surface area contributed by atoms with Gasteiger partial charge < -0.3 is 14.8 Å². The Balaban J connectivity index is 2.98. The minimum absolute atomic E-state index is 0.417. The normalized spacial score (nSPS) is 13.9. The first-order chi connectivity index (χ1) is 9.17. The minimum Gasteiger partial charge on any atom is -0.497 e. The van der Waals surface area contributed by atoms with E-state index in [-0.39, 0.29) is 0 Å². The summed E-state index contributed by atoms with van der Waals surface area (Å²) in [6, 6.07) is 6.56. The van der Waals surface area contributed by atoms with E-state index in [1.54, 1.807) is 14.2 Å². The van der Waals surface area contributed by atoms with Crippen molar-refractivity contribution in [2.45, 2.75) is 45.6 Å². The molecular weight excluding hydrogens is 238 g/mol. The van der Waals surface area contributed by atoms with Gasteiger partial charge in [-0.05, 0) is 24.6 Å². The summed E-state index contributed by atoms with van der Waals surface area (Å²) in [5.41, 5.74) is 1.24. The van der Waals surface area contributed by atoms with E-state index in [1.807, 2.05) is 12.1 Å². The summed E-state index contributed by atoms with van der Waals surface area (Å²) in [6.07, 6.45) is 2.35. The van der Waals surface area contributed by atoms with Crippen molar-refractivity contribution in [3.63, 3.8) is 0 Å². The Morgan fingerprint density at radius 1 is 1.16 bits per heavy atom. The molecule has 0 aliphatic carbocycles. The summed E-state index contributed by atoms with van der Waals surface area (Å²) in [4.78, 5) is 0. The number of hydrogen-bond acceptors (Lipinski definition) is 3. The highest BCUT2D eigenvalue weighted by Crippen LogP contribution is 2.33. The van der Waals surface area contributed by atoms with E-state index in [9.17, 15) is 0 Å². The Labute approximate surface area is 117 Å². The molecule has 1 rings (SSSR count). The van der Waals surface area contributed by atoms with E-state index < -0.39 is 0 Å². The maximum atomic E-state index is 5.51. The summed E-state index contributed by atoms with van der Waals surface area (Å²) in [5, 5.41) is 3.57. The number of benzene rings is 1. The zero-order valence-corrected chi connectivity index (χ0v) is 12.8. The number of ether oxygens (including phenoxy) is 2. The molecule has 0 spiro atoms. The lowest BCUT2D eigenvalue weighted by atomic mass is 9.89. The standard InChI is InChI=1S/C16H27NO2/c1-6-8-15(17-7-2)12(3)14-10-9-13(18-4)11-16(14)19-5/h9-12,15,17H,6-8H2,1-5H3. The monoisotopic (exact) mass is 265 g/mol. The van der Waals surface area contributed by atoms with E-state index in [2.05, 4.69) is 32.2 Å². The van der Waals surface area contributed by atoms with Crippen LogP contribution >= 0.6 is 0 Å².